The van der Waals surface area contributed by atoms with Gasteiger partial charge in [0, 0.05) is 11.1 Å². The Morgan fingerprint density at radius 3 is 2.55 bits per heavy atom. The molecule has 0 N–H and O–H groups in total. The van der Waals surface area contributed by atoms with Crippen LogP contribution in [-0.2, 0) is 0 Å². The molecule has 1 aromatic carbocycles. The molecule has 0 radical (unpaired) electrons. The summed E-state index contributed by atoms with van der Waals surface area (Å²) in [5.41, 5.74) is 0.0204. The molecule has 1 aromatic heterocycles. The third-order valence-electron chi connectivity index (χ3n) is 2.88. The minimum atomic E-state index is -0.676. The van der Waals surface area contributed by atoms with Crippen LogP contribution >= 0.6 is 11.6 Å². The predicted octanol–water partition coefficient (Wildman–Crippen LogP) is 3.22. The Morgan fingerprint density at radius 2 is 1.85 bits per heavy atom. The Labute approximate surface area is 119 Å². The first-order valence-corrected chi connectivity index (χ1v) is 6.27. The number of allylic oxidation sites excluding steroid dienone is 1. The van der Waals surface area contributed by atoms with E-state index < -0.39 is 11.4 Å². The lowest BCUT2D eigenvalue weighted by atomic mass is 10.1. The second-order valence-corrected chi connectivity index (χ2v) is 4.81. The van der Waals surface area contributed by atoms with Crippen molar-refractivity contribution in [1.82, 2.24) is 0 Å². The fourth-order valence-electron chi connectivity index (χ4n) is 1.96. The largest absolute Gasteiger partial charge is 0.452 e. The first-order chi connectivity index (χ1) is 9.54. The van der Waals surface area contributed by atoms with Crippen molar-refractivity contribution < 1.29 is 13.9 Å². The molecule has 0 unspecified atom stereocenters. The van der Waals surface area contributed by atoms with E-state index in [1.807, 2.05) is 0 Å². The number of rotatable bonds is 1. The lowest BCUT2D eigenvalue weighted by Crippen LogP contribution is -2.10. The zero-order chi connectivity index (χ0) is 14.3. The normalized spacial score (nSPS) is 15.3. The number of benzene rings is 1. The Kier molecular flexibility index (Phi) is 2.95. The first kappa shape index (κ1) is 12.7. The smallest absolute Gasteiger partial charge is 0.351 e. The molecule has 3 rings (SSSR count). The zero-order valence-electron chi connectivity index (χ0n) is 10.5. The molecule has 0 bridgehead atoms. The lowest BCUT2D eigenvalue weighted by Gasteiger charge is -1.99. The molecule has 0 saturated heterocycles. The molecular formula is C15H9ClO4. The SMILES string of the molecule is Cc1cc2c(c(=O)o1)C(=O)/C(=C/c1ccc(Cl)cc1)O2. The summed E-state index contributed by atoms with van der Waals surface area (Å²) < 4.78 is 10.3. The van der Waals surface area contributed by atoms with E-state index in [-0.39, 0.29) is 17.1 Å². The summed E-state index contributed by atoms with van der Waals surface area (Å²) in [6, 6.07) is 8.45. The van der Waals surface area contributed by atoms with Gasteiger partial charge < -0.3 is 9.15 Å². The number of ketones is 1. The number of carbonyl (C=O) groups is 1. The summed E-state index contributed by atoms with van der Waals surface area (Å²) in [5.74, 6) is 0.266. The third-order valence-corrected chi connectivity index (χ3v) is 3.13. The van der Waals surface area contributed by atoms with Crippen molar-refractivity contribution in [3.8, 4) is 5.75 Å². The Balaban J connectivity index is 2.04. The highest BCUT2D eigenvalue weighted by molar-refractivity contribution is 6.30. The summed E-state index contributed by atoms with van der Waals surface area (Å²) in [7, 11) is 0. The van der Waals surface area contributed by atoms with Crippen molar-refractivity contribution in [2.75, 3.05) is 0 Å². The van der Waals surface area contributed by atoms with Crippen LogP contribution < -0.4 is 10.4 Å². The van der Waals surface area contributed by atoms with E-state index in [9.17, 15) is 9.59 Å². The van der Waals surface area contributed by atoms with Crippen molar-refractivity contribution in [3.05, 3.63) is 68.4 Å². The van der Waals surface area contributed by atoms with E-state index >= 15 is 0 Å². The predicted molar refractivity (Wildman–Crippen MR) is 74.1 cm³/mol. The standard InChI is InChI=1S/C15H9ClO4/c1-8-6-11-13(15(18)19-8)14(17)12(20-11)7-9-2-4-10(16)5-3-9/h2-7H,1H3/b12-7-. The third kappa shape index (κ3) is 2.14. The van der Waals surface area contributed by atoms with Gasteiger partial charge in [-0.05, 0) is 30.7 Å². The minimum Gasteiger partial charge on any atom is -0.452 e. The molecule has 1 aliphatic rings. The molecule has 100 valence electrons. The van der Waals surface area contributed by atoms with Crippen molar-refractivity contribution >= 4 is 23.5 Å². The number of hydrogen-bond donors (Lipinski definition) is 0. The van der Waals surface area contributed by atoms with E-state index in [4.69, 9.17) is 20.8 Å². The monoisotopic (exact) mass is 288 g/mol. The van der Waals surface area contributed by atoms with Gasteiger partial charge in [-0.15, -0.1) is 0 Å². The Hall–Kier alpha value is -2.33. The average molecular weight is 289 g/mol. The summed E-state index contributed by atoms with van der Waals surface area (Å²) in [5, 5.41) is 0.602. The molecule has 20 heavy (non-hydrogen) atoms. The second-order valence-electron chi connectivity index (χ2n) is 4.38. The fraction of sp³-hybridized carbons (Fsp3) is 0.0667. The van der Waals surface area contributed by atoms with Crippen molar-refractivity contribution in [1.29, 1.82) is 0 Å². The van der Waals surface area contributed by atoms with Gasteiger partial charge in [0.25, 0.3) is 0 Å². The molecule has 0 atom stereocenters. The molecule has 0 spiro atoms. The van der Waals surface area contributed by atoms with Gasteiger partial charge in [0.15, 0.2) is 11.3 Å². The number of carbonyl (C=O) groups excluding carboxylic acids is 1. The van der Waals surface area contributed by atoms with E-state index in [0.29, 0.717) is 10.8 Å². The van der Waals surface area contributed by atoms with Gasteiger partial charge >= 0.3 is 5.63 Å². The molecule has 0 saturated carbocycles. The maximum atomic E-state index is 12.1. The molecule has 1 aliphatic heterocycles. The average Bonchev–Trinajstić information content (AvgIpc) is 2.69. The van der Waals surface area contributed by atoms with Gasteiger partial charge in [-0.1, -0.05) is 23.7 Å². The minimum absolute atomic E-state index is 0.0594. The quantitative estimate of drug-likeness (QED) is 0.756. The van der Waals surface area contributed by atoms with Crippen LogP contribution in [0.4, 0.5) is 0 Å². The van der Waals surface area contributed by atoms with Crippen LogP contribution in [0.15, 0.2) is 45.3 Å². The summed E-state index contributed by atoms with van der Waals surface area (Å²) in [6.07, 6.45) is 1.56. The highest BCUT2D eigenvalue weighted by Gasteiger charge is 2.31. The molecular weight excluding hydrogens is 280 g/mol. The van der Waals surface area contributed by atoms with Crippen LogP contribution in [0.3, 0.4) is 0 Å². The zero-order valence-corrected chi connectivity index (χ0v) is 11.2. The molecule has 0 aliphatic carbocycles. The molecule has 0 fully saturated rings. The molecule has 5 heteroatoms. The Morgan fingerprint density at radius 1 is 1.15 bits per heavy atom. The molecule has 4 nitrogen and oxygen atoms in total. The van der Waals surface area contributed by atoms with Gasteiger partial charge in [-0.3, -0.25) is 4.79 Å². The summed E-state index contributed by atoms with van der Waals surface area (Å²) in [6.45, 7) is 1.62. The van der Waals surface area contributed by atoms with E-state index in [1.54, 1.807) is 37.3 Å². The fourth-order valence-corrected chi connectivity index (χ4v) is 2.09. The maximum absolute atomic E-state index is 12.1. The van der Waals surface area contributed by atoms with Crippen LogP contribution in [0.5, 0.6) is 5.75 Å². The van der Waals surface area contributed by atoms with Crippen LogP contribution in [-0.4, -0.2) is 5.78 Å². The van der Waals surface area contributed by atoms with Crippen LogP contribution in [0.1, 0.15) is 21.7 Å². The molecule has 0 amide bonds. The molecule has 2 aromatic rings. The van der Waals surface area contributed by atoms with E-state index in [1.165, 1.54) is 6.07 Å². The van der Waals surface area contributed by atoms with E-state index in [0.717, 1.165) is 5.56 Å². The second kappa shape index (κ2) is 4.65. The lowest BCUT2D eigenvalue weighted by molar-refractivity contribution is 0.101. The van der Waals surface area contributed by atoms with Gasteiger partial charge in [-0.2, -0.15) is 0 Å². The van der Waals surface area contributed by atoms with Gasteiger partial charge in [0.05, 0.1) is 0 Å². The Bertz CT molecular complexity index is 785. The highest BCUT2D eigenvalue weighted by Crippen LogP contribution is 2.30. The topological polar surface area (TPSA) is 56.5 Å². The van der Waals surface area contributed by atoms with Gasteiger partial charge in [-0.25, -0.2) is 4.79 Å². The number of hydrogen-bond acceptors (Lipinski definition) is 4. The highest BCUT2D eigenvalue weighted by atomic mass is 35.5. The van der Waals surface area contributed by atoms with Gasteiger partial charge in [0.1, 0.15) is 11.5 Å². The van der Waals surface area contributed by atoms with Crippen LogP contribution in [0.2, 0.25) is 5.02 Å². The van der Waals surface area contributed by atoms with E-state index in [2.05, 4.69) is 0 Å². The van der Waals surface area contributed by atoms with Gasteiger partial charge in [0.2, 0.25) is 5.78 Å². The number of fused-ring (bicyclic) bond motifs is 1. The van der Waals surface area contributed by atoms with Crippen LogP contribution in [0.25, 0.3) is 6.08 Å². The number of ether oxygens (including phenoxy) is 1. The number of Topliss-reactive ketones (excluding diaryl/α,β-unsaturated/α-hetero) is 1. The number of aryl methyl sites for hydroxylation is 1. The maximum Gasteiger partial charge on any atom is 0.351 e. The summed E-state index contributed by atoms with van der Waals surface area (Å²) >= 11 is 5.80. The van der Waals surface area contributed by atoms with Crippen molar-refractivity contribution in [2.24, 2.45) is 0 Å². The number of halogens is 1. The first-order valence-electron chi connectivity index (χ1n) is 5.89. The summed E-state index contributed by atoms with van der Waals surface area (Å²) in [4.78, 5) is 23.8. The van der Waals surface area contributed by atoms with Crippen molar-refractivity contribution in [3.63, 3.8) is 0 Å². The van der Waals surface area contributed by atoms with Crippen molar-refractivity contribution in [2.45, 2.75) is 6.92 Å². The molecule has 2 heterocycles. The van der Waals surface area contributed by atoms with Crippen LogP contribution in [0, 0.1) is 6.92 Å².